The van der Waals surface area contributed by atoms with E-state index in [1.807, 2.05) is 24.3 Å². The zero-order valence-electron chi connectivity index (χ0n) is 7.16. The molecular weight excluding hydrogens is 232 g/mol. The largest absolute Gasteiger partial charge is 0.481 e. The summed E-state index contributed by atoms with van der Waals surface area (Å²) < 4.78 is 0. The number of carboxylic acids is 1. The lowest BCUT2D eigenvalue weighted by Gasteiger charge is -2.00. The van der Waals surface area contributed by atoms with Crippen LogP contribution < -0.4 is 0 Å². The Bertz CT molecular complexity index is 297. The van der Waals surface area contributed by atoms with Crippen LogP contribution in [0, 0.1) is 0 Å². The van der Waals surface area contributed by atoms with Crippen molar-refractivity contribution in [3.8, 4) is 0 Å². The van der Waals surface area contributed by atoms with Crippen molar-refractivity contribution in [3.63, 3.8) is 0 Å². The number of aliphatic carboxylic acids is 1. The summed E-state index contributed by atoms with van der Waals surface area (Å²) in [7, 11) is 0. The van der Waals surface area contributed by atoms with E-state index in [2.05, 4.69) is 15.9 Å². The lowest BCUT2D eigenvalue weighted by Crippen LogP contribution is -1.97. The van der Waals surface area contributed by atoms with Gasteiger partial charge < -0.3 is 5.11 Å². The first-order chi connectivity index (χ1) is 6.22. The maximum absolute atomic E-state index is 10.3. The molecule has 0 aromatic heterocycles. The van der Waals surface area contributed by atoms with Crippen molar-refractivity contribution in [1.82, 2.24) is 0 Å². The summed E-state index contributed by atoms with van der Waals surface area (Å²) in [5.41, 5.74) is 2.27. The Morgan fingerprint density at radius 2 is 2.08 bits per heavy atom. The molecule has 0 aliphatic carbocycles. The molecule has 0 unspecified atom stereocenters. The molecule has 0 amide bonds. The smallest absolute Gasteiger partial charge is 0.303 e. The monoisotopic (exact) mass is 242 g/mol. The van der Waals surface area contributed by atoms with Gasteiger partial charge in [-0.1, -0.05) is 40.2 Å². The number of aryl methyl sites for hydroxylation is 1. The minimum atomic E-state index is -0.746. The first-order valence-corrected chi connectivity index (χ1v) is 5.20. The van der Waals surface area contributed by atoms with Crippen LogP contribution in [-0.2, 0) is 16.5 Å². The number of alkyl halides is 1. The van der Waals surface area contributed by atoms with Crippen molar-refractivity contribution >= 4 is 21.9 Å². The van der Waals surface area contributed by atoms with E-state index in [4.69, 9.17) is 5.11 Å². The zero-order chi connectivity index (χ0) is 9.68. The standard InChI is InChI=1S/C10H11BrO2/c11-7-9-3-1-2-8(6-9)4-5-10(12)13/h1-3,6H,4-5,7H2,(H,12,13). The van der Waals surface area contributed by atoms with E-state index < -0.39 is 5.97 Å². The van der Waals surface area contributed by atoms with Crippen LogP contribution in [0.3, 0.4) is 0 Å². The van der Waals surface area contributed by atoms with E-state index >= 15 is 0 Å². The molecule has 13 heavy (non-hydrogen) atoms. The topological polar surface area (TPSA) is 37.3 Å². The van der Waals surface area contributed by atoms with Gasteiger partial charge in [-0.05, 0) is 17.5 Å². The van der Waals surface area contributed by atoms with Gasteiger partial charge in [0.25, 0.3) is 0 Å². The van der Waals surface area contributed by atoms with E-state index in [-0.39, 0.29) is 6.42 Å². The first-order valence-electron chi connectivity index (χ1n) is 4.08. The van der Waals surface area contributed by atoms with E-state index in [1.165, 1.54) is 5.56 Å². The molecule has 0 saturated heterocycles. The highest BCUT2D eigenvalue weighted by Gasteiger charge is 1.99. The van der Waals surface area contributed by atoms with E-state index in [0.717, 1.165) is 10.9 Å². The molecule has 3 heteroatoms. The van der Waals surface area contributed by atoms with Crippen LogP contribution in [0.2, 0.25) is 0 Å². The highest BCUT2D eigenvalue weighted by Crippen LogP contribution is 2.10. The Kier molecular flexibility index (Phi) is 3.96. The van der Waals surface area contributed by atoms with Crippen molar-refractivity contribution in [2.24, 2.45) is 0 Å². The molecular formula is C10H11BrO2. The summed E-state index contributed by atoms with van der Waals surface area (Å²) in [5, 5.41) is 9.31. The molecule has 0 atom stereocenters. The number of carbonyl (C=O) groups is 1. The highest BCUT2D eigenvalue weighted by atomic mass is 79.9. The van der Waals surface area contributed by atoms with Gasteiger partial charge in [0.2, 0.25) is 0 Å². The Morgan fingerprint density at radius 1 is 1.38 bits per heavy atom. The van der Waals surface area contributed by atoms with E-state index in [9.17, 15) is 4.79 Å². The van der Waals surface area contributed by atoms with Crippen LogP contribution in [0.25, 0.3) is 0 Å². The van der Waals surface area contributed by atoms with Crippen molar-refractivity contribution < 1.29 is 9.90 Å². The Morgan fingerprint density at radius 3 is 2.69 bits per heavy atom. The number of hydrogen-bond acceptors (Lipinski definition) is 1. The first kappa shape index (κ1) is 10.3. The average Bonchev–Trinajstić information content (AvgIpc) is 2.15. The predicted molar refractivity (Wildman–Crippen MR) is 55.0 cm³/mol. The van der Waals surface area contributed by atoms with Crippen LogP contribution in [0.5, 0.6) is 0 Å². The molecule has 1 aromatic carbocycles. The van der Waals surface area contributed by atoms with Crippen molar-refractivity contribution in [2.75, 3.05) is 0 Å². The fourth-order valence-corrected chi connectivity index (χ4v) is 1.47. The van der Waals surface area contributed by atoms with Gasteiger partial charge in [0.15, 0.2) is 0 Å². The molecule has 70 valence electrons. The maximum atomic E-state index is 10.3. The lowest BCUT2D eigenvalue weighted by molar-refractivity contribution is -0.136. The fraction of sp³-hybridized carbons (Fsp3) is 0.300. The summed E-state index contributed by atoms with van der Waals surface area (Å²) in [6.07, 6.45) is 0.807. The number of rotatable bonds is 4. The van der Waals surface area contributed by atoms with Gasteiger partial charge in [0.1, 0.15) is 0 Å². The van der Waals surface area contributed by atoms with Crippen molar-refractivity contribution in [2.45, 2.75) is 18.2 Å². The van der Waals surface area contributed by atoms with Gasteiger partial charge in [-0.2, -0.15) is 0 Å². The molecule has 0 heterocycles. The third kappa shape index (κ3) is 3.59. The third-order valence-electron chi connectivity index (χ3n) is 1.77. The summed E-state index contributed by atoms with van der Waals surface area (Å²) in [6, 6.07) is 7.94. The van der Waals surface area contributed by atoms with E-state index in [0.29, 0.717) is 6.42 Å². The van der Waals surface area contributed by atoms with Crippen LogP contribution in [0.1, 0.15) is 17.5 Å². The van der Waals surface area contributed by atoms with Crippen molar-refractivity contribution in [3.05, 3.63) is 35.4 Å². The van der Waals surface area contributed by atoms with Gasteiger partial charge in [-0.25, -0.2) is 0 Å². The molecule has 0 aliphatic rings. The van der Waals surface area contributed by atoms with Crippen LogP contribution in [0.15, 0.2) is 24.3 Å². The molecule has 0 fully saturated rings. The maximum Gasteiger partial charge on any atom is 0.303 e. The van der Waals surface area contributed by atoms with Gasteiger partial charge in [-0.3, -0.25) is 4.79 Å². The lowest BCUT2D eigenvalue weighted by atomic mass is 10.1. The fourth-order valence-electron chi connectivity index (χ4n) is 1.12. The molecule has 0 saturated carbocycles. The molecule has 1 rings (SSSR count). The number of halogens is 1. The number of carboxylic acid groups (broad SMARTS) is 1. The SMILES string of the molecule is O=C(O)CCc1cccc(CBr)c1. The van der Waals surface area contributed by atoms with Gasteiger partial charge in [0.05, 0.1) is 0 Å². The van der Waals surface area contributed by atoms with Crippen LogP contribution in [0.4, 0.5) is 0 Å². The average molecular weight is 243 g/mol. The van der Waals surface area contributed by atoms with Crippen LogP contribution >= 0.6 is 15.9 Å². The minimum absolute atomic E-state index is 0.200. The quantitative estimate of drug-likeness (QED) is 0.825. The Hall–Kier alpha value is -0.830. The highest BCUT2D eigenvalue weighted by molar-refractivity contribution is 9.08. The number of benzene rings is 1. The predicted octanol–water partition coefficient (Wildman–Crippen LogP) is 2.60. The second kappa shape index (κ2) is 5.02. The van der Waals surface area contributed by atoms with Gasteiger partial charge >= 0.3 is 5.97 Å². The second-order valence-electron chi connectivity index (χ2n) is 2.85. The van der Waals surface area contributed by atoms with Gasteiger partial charge in [0, 0.05) is 11.8 Å². The normalized spacial score (nSPS) is 9.92. The number of hydrogen-bond donors (Lipinski definition) is 1. The molecule has 0 bridgehead atoms. The van der Waals surface area contributed by atoms with Crippen molar-refractivity contribution in [1.29, 1.82) is 0 Å². The molecule has 1 N–H and O–H groups in total. The molecule has 1 aromatic rings. The molecule has 0 aliphatic heterocycles. The zero-order valence-corrected chi connectivity index (χ0v) is 8.75. The third-order valence-corrected chi connectivity index (χ3v) is 2.42. The summed E-state index contributed by atoms with van der Waals surface area (Å²) >= 11 is 3.36. The summed E-state index contributed by atoms with van der Waals surface area (Å²) in [5.74, 6) is -0.746. The van der Waals surface area contributed by atoms with Crippen LogP contribution in [-0.4, -0.2) is 11.1 Å². The summed E-state index contributed by atoms with van der Waals surface area (Å²) in [4.78, 5) is 10.3. The Labute approximate surface area is 85.7 Å². The molecule has 0 spiro atoms. The van der Waals surface area contributed by atoms with E-state index in [1.54, 1.807) is 0 Å². The van der Waals surface area contributed by atoms with Gasteiger partial charge in [-0.15, -0.1) is 0 Å². The summed E-state index contributed by atoms with van der Waals surface area (Å²) in [6.45, 7) is 0. The molecule has 0 radical (unpaired) electrons. The minimum Gasteiger partial charge on any atom is -0.481 e. The second-order valence-corrected chi connectivity index (χ2v) is 3.41. The molecule has 2 nitrogen and oxygen atoms in total. The Balaban J connectivity index is 2.61.